The van der Waals surface area contributed by atoms with E-state index in [-0.39, 0.29) is 12.2 Å². The Bertz CT molecular complexity index is 1980. The van der Waals surface area contributed by atoms with Gasteiger partial charge in [0.1, 0.15) is 17.5 Å². The molecule has 1 atom stereocenters. The molecule has 2 aromatic heterocycles. The first-order chi connectivity index (χ1) is 21.9. The molecular formula is C37H33N5O3. The molecule has 6 rings (SSSR count). The lowest BCUT2D eigenvalue weighted by Gasteiger charge is -2.16. The van der Waals surface area contributed by atoms with Gasteiger partial charge in [0.25, 0.3) is 5.91 Å². The SMILES string of the molecule is CCCc1ccc(-n2nc(-c3cc4ccccc4cn3)cc2-c2cccc(C(=O)NC(Cc3ccc(O)cc3)C(N)=O)c2)cc1. The third kappa shape index (κ3) is 6.60. The monoisotopic (exact) mass is 595 g/mol. The molecule has 0 saturated carbocycles. The molecule has 8 heteroatoms. The van der Waals surface area contributed by atoms with E-state index in [1.54, 1.807) is 30.3 Å². The van der Waals surface area contributed by atoms with Crippen LogP contribution in [-0.4, -0.2) is 37.7 Å². The fourth-order valence-electron chi connectivity index (χ4n) is 5.38. The first-order valence-electron chi connectivity index (χ1n) is 14.9. The Balaban J connectivity index is 1.35. The minimum absolute atomic E-state index is 0.117. The first-order valence-corrected chi connectivity index (χ1v) is 14.9. The summed E-state index contributed by atoms with van der Waals surface area (Å²) < 4.78 is 1.87. The molecule has 2 heterocycles. The van der Waals surface area contributed by atoms with Crippen LogP contribution in [0.5, 0.6) is 5.75 Å². The lowest BCUT2D eigenvalue weighted by atomic mass is 10.0. The van der Waals surface area contributed by atoms with Crippen molar-refractivity contribution in [2.75, 3.05) is 0 Å². The summed E-state index contributed by atoms with van der Waals surface area (Å²) in [7, 11) is 0. The molecule has 0 aliphatic heterocycles. The van der Waals surface area contributed by atoms with Crippen LogP contribution in [0.15, 0.2) is 115 Å². The highest BCUT2D eigenvalue weighted by Crippen LogP contribution is 2.30. The molecule has 0 radical (unpaired) electrons. The molecule has 4 aromatic carbocycles. The van der Waals surface area contributed by atoms with Gasteiger partial charge in [-0.1, -0.05) is 74.0 Å². The highest BCUT2D eigenvalue weighted by atomic mass is 16.3. The number of pyridine rings is 1. The molecule has 0 fully saturated rings. The van der Waals surface area contributed by atoms with E-state index in [9.17, 15) is 14.7 Å². The number of nitrogens with one attached hydrogen (secondary N) is 1. The lowest BCUT2D eigenvalue weighted by molar-refractivity contribution is -0.119. The van der Waals surface area contributed by atoms with Crippen LogP contribution >= 0.6 is 0 Å². The number of primary amides is 1. The minimum Gasteiger partial charge on any atom is -0.508 e. The van der Waals surface area contributed by atoms with Gasteiger partial charge in [-0.15, -0.1) is 0 Å². The minimum atomic E-state index is -0.927. The number of aryl methyl sites for hydroxylation is 1. The normalized spacial score (nSPS) is 11.8. The molecular weight excluding hydrogens is 562 g/mol. The summed E-state index contributed by atoms with van der Waals surface area (Å²) in [4.78, 5) is 30.3. The van der Waals surface area contributed by atoms with Crippen molar-refractivity contribution in [1.82, 2.24) is 20.1 Å². The number of hydrogen-bond donors (Lipinski definition) is 3. The second-order valence-electron chi connectivity index (χ2n) is 11.0. The fraction of sp³-hybridized carbons (Fsp3) is 0.135. The Labute approximate surface area is 261 Å². The fourth-order valence-corrected chi connectivity index (χ4v) is 5.38. The number of rotatable bonds is 10. The number of carbonyl (C=O) groups is 2. The molecule has 0 bridgehead atoms. The quantitative estimate of drug-likeness (QED) is 0.173. The van der Waals surface area contributed by atoms with E-state index >= 15 is 0 Å². The summed E-state index contributed by atoms with van der Waals surface area (Å²) in [5.74, 6) is -0.957. The summed E-state index contributed by atoms with van der Waals surface area (Å²) in [5, 5.41) is 19.5. The van der Waals surface area contributed by atoms with Gasteiger partial charge in [0.15, 0.2) is 0 Å². The molecule has 8 nitrogen and oxygen atoms in total. The summed E-state index contributed by atoms with van der Waals surface area (Å²) in [5.41, 5.74) is 11.9. The van der Waals surface area contributed by atoms with Crippen LogP contribution in [0, 0.1) is 0 Å². The van der Waals surface area contributed by atoms with Crippen molar-refractivity contribution in [2.45, 2.75) is 32.2 Å². The maximum Gasteiger partial charge on any atom is 0.251 e. The number of aromatic nitrogens is 3. The maximum atomic E-state index is 13.4. The van der Waals surface area contributed by atoms with Crippen molar-refractivity contribution >= 4 is 22.6 Å². The number of benzene rings is 4. The average Bonchev–Trinajstić information content (AvgIpc) is 3.51. The third-order valence-electron chi connectivity index (χ3n) is 7.77. The molecule has 0 aliphatic rings. The molecule has 0 spiro atoms. The first kappa shape index (κ1) is 29.3. The summed E-state index contributed by atoms with van der Waals surface area (Å²) in [6.45, 7) is 2.16. The van der Waals surface area contributed by atoms with Crippen LogP contribution in [0.25, 0.3) is 39.1 Å². The predicted octanol–water partition coefficient (Wildman–Crippen LogP) is 6.24. The molecule has 224 valence electrons. The molecule has 45 heavy (non-hydrogen) atoms. The van der Waals surface area contributed by atoms with Crippen molar-refractivity contribution in [3.05, 3.63) is 132 Å². The Morgan fingerprint density at radius 3 is 2.31 bits per heavy atom. The van der Waals surface area contributed by atoms with Gasteiger partial charge in [-0.2, -0.15) is 5.10 Å². The van der Waals surface area contributed by atoms with E-state index in [1.807, 2.05) is 53.3 Å². The topological polar surface area (TPSA) is 123 Å². The van der Waals surface area contributed by atoms with Crippen LogP contribution in [0.1, 0.15) is 34.8 Å². The van der Waals surface area contributed by atoms with Gasteiger partial charge >= 0.3 is 0 Å². The van der Waals surface area contributed by atoms with Gasteiger partial charge in [-0.3, -0.25) is 14.6 Å². The van der Waals surface area contributed by atoms with Gasteiger partial charge < -0.3 is 16.2 Å². The molecule has 6 aromatic rings. The lowest BCUT2D eigenvalue weighted by Crippen LogP contribution is -2.45. The zero-order chi connectivity index (χ0) is 31.3. The van der Waals surface area contributed by atoms with Gasteiger partial charge in [-0.25, -0.2) is 4.68 Å². The summed E-state index contributed by atoms with van der Waals surface area (Å²) in [6.07, 6.45) is 4.10. The standard InChI is InChI=1S/C37H33N5O3/c1-2-6-24-11-15-30(16-12-24)42-35(22-33(41-42)32-21-26-7-3-4-8-29(26)23-39-32)27-9-5-10-28(20-27)37(45)40-34(36(38)44)19-25-13-17-31(43)18-14-25/h3-5,7-18,20-23,34,43H,2,6,19H2,1H3,(H2,38,44)(H,40,45). The number of phenols is 1. The zero-order valence-corrected chi connectivity index (χ0v) is 24.9. The molecule has 0 aliphatic carbocycles. The average molecular weight is 596 g/mol. The van der Waals surface area contributed by atoms with Crippen molar-refractivity contribution in [3.63, 3.8) is 0 Å². The number of hydrogen-bond acceptors (Lipinski definition) is 5. The number of carbonyl (C=O) groups excluding carboxylic acids is 2. The summed E-state index contributed by atoms with van der Waals surface area (Å²) in [6, 6.07) is 33.1. The van der Waals surface area contributed by atoms with E-state index in [1.165, 1.54) is 17.7 Å². The number of aromatic hydroxyl groups is 1. The highest BCUT2D eigenvalue weighted by molar-refractivity contribution is 5.98. The van der Waals surface area contributed by atoms with E-state index in [4.69, 9.17) is 15.8 Å². The number of fused-ring (bicyclic) bond motifs is 1. The van der Waals surface area contributed by atoms with Gasteiger partial charge in [0, 0.05) is 29.1 Å². The molecule has 1 unspecified atom stereocenters. The van der Waals surface area contributed by atoms with Crippen LogP contribution < -0.4 is 11.1 Å². The van der Waals surface area contributed by atoms with E-state index in [2.05, 4.69) is 36.5 Å². The Morgan fingerprint density at radius 2 is 1.58 bits per heavy atom. The van der Waals surface area contributed by atoms with Crippen LogP contribution in [-0.2, 0) is 17.6 Å². The third-order valence-corrected chi connectivity index (χ3v) is 7.77. The highest BCUT2D eigenvalue weighted by Gasteiger charge is 2.21. The van der Waals surface area contributed by atoms with Gasteiger partial charge in [-0.05, 0) is 71.5 Å². The smallest absolute Gasteiger partial charge is 0.251 e. The Kier molecular flexibility index (Phi) is 8.37. The zero-order valence-electron chi connectivity index (χ0n) is 24.9. The largest absolute Gasteiger partial charge is 0.508 e. The van der Waals surface area contributed by atoms with Gasteiger partial charge in [0.05, 0.1) is 17.1 Å². The van der Waals surface area contributed by atoms with Crippen molar-refractivity contribution in [2.24, 2.45) is 5.73 Å². The second-order valence-corrected chi connectivity index (χ2v) is 11.0. The predicted molar refractivity (Wildman–Crippen MR) is 176 cm³/mol. The van der Waals surface area contributed by atoms with Crippen molar-refractivity contribution in [1.29, 1.82) is 0 Å². The Hall–Kier alpha value is -5.76. The number of phenolic OH excluding ortho intramolecular Hbond substituents is 1. The molecule has 0 saturated heterocycles. The number of amides is 2. The summed E-state index contributed by atoms with van der Waals surface area (Å²) >= 11 is 0. The molecule has 4 N–H and O–H groups in total. The van der Waals surface area contributed by atoms with Crippen LogP contribution in [0.2, 0.25) is 0 Å². The van der Waals surface area contributed by atoms with E-state index < -0.39 is 17.9 Å². The Morgan fingerprint density at radius 1 is 0.844 bits per heavy atom. The number of nitrogens with zero attached hydrogens (tertiary/aromatic N) is 3. The molecule has 2 amide bonds. The van der Waals surface area contributed by atoms with Crippen molar-refractivity contribution in [3.8, 4) is 34.1 Å². The number of nitrogens with two attached hydrogens (primary N) is 1. The van der Waals surface area contributed by atoms with E-state index in [0.29, 0.717) is 11.3 Å². The second kappa shape index (κ2) is 12.9. The van der Waals surface area contributed by atoms with Crippen molar-refractivity contribution < 1.29 is 14.7 Å². The van der Waals surface area contributed by atoms with Crippen LogP contribution in [0.3, 0.4) is 0 Å². The van der Waals surface area contributed by atoms with Crippen LogP contribution in [0.4, 0.5) is 0 Å². The van der Waals surface area contributed by atoms with Gasteiger partial charge in [0.2, 0.25) is 5.91 Å². The van der Waals surface area contributed by atoms with E-state index in [0.717, 1.165) is 51.8 Å². The maximum absolute atomic E-state index is 13.4.